The quantitative estimate of drug-likeness (QED) is 0.356. The lowest BCUT2D eigenvalue weighted by atomic mass is 9.96. The summed E-state index contributed by atoms with van der Waals surface area (Å²) in [7, 11) is 0. The Morgan fingerprint density at radius 3 is 1.12 bits per heavy atom. The molecule has 0 atom stereocenters. The van der Waals surface area contributed by atoms with Gasteiger partial charge in [-0.25, -0.2) is 0 Å². The summed E-state index contributed by atoms with van der Waals surface area (Å²) in [4.78, 5) is 0. The maximum absolute atomic E-state index is 2.32. The van der Waals surface area contributed by atoms with Crippen LogP contribution in [0, 0.1) is 0 Å². The van der Waals surface area contributed by atoms with E-state index in [-0.39, 0.29) is 0 Å². The molecule has 2 aromatic heterocycles. The van der Waals surface area contributed by atoms with Crippen molar-refractivity contribution < 1.29 is 0 Å². The van der Waals surface area contributed by atoms with Gasteiger partial charge in [-0.3, -0.25) is 0 Å². The molecule has 122 valence electrons. The zero-order valence-electron chi connectivity index (χ0n) is 13.9. The van der Waals surface area contributed by atoms with Crippen molar-refractivity contribution in [1.29, 1.82) is 0 Å². The molecule has 0 fully saturated rings. The molecule has 0 saturated carbocycles. The molecule has 2 aliphatic rings. The van der Waals surface area contributed by atoms with Crippen molar-refractivity contribution in [3.8, 4) is 0 Å². The number of benzene rings is 2. The van der Waals surface area contributed by atoms with Crippen LogP contribution in [0.15, 0.2) is 82.2 Å². The molecule has 0 amide bonds. The van der Waals surface area contributed by atoms with Crippen molar-refractivity contribution in [3.05, 3.63) is 116 Å². The van der Waals surface area contributed by atoms with Crippen LogP contribution in [0.1, 0.15) is 33.4 Å². The summed E-state index contributed by atoms with van der Waals surface area (Å²) in [5.41, 5.74) is 13.8. The summed E-state index contributed by atoms with van der Waals surface area (Å²) in [5, 5.41) is 9.26. The van der Waals surface area contributed by atoms with Gasteiger partial charge in [-0.2, -0.15) is 22.7 Å². The van der Waals surface area contributed by atoms with Crippen molar-refractivity contribution in [3.63, 3.8) is 0 Å². The van der Waals surface area contributed by atoms with Crippen molar-refractivity contribution in [2.24, 2.45) is 0 Å². The average Bonchev–Trinajstić information content (AvgIpc) is 3.42. The SMILES string of the molecule is c1ccc(C2=C3C(=C(c4ccccc4)c4cscc43)c3cscc32)cc1. The van der Waals surface area contributed by atoms with Crippen LogP contribution >= 0.6 is 22.7 Å². The minimum atomic E-state index is 1.31. The summed E-state index contributed by atoms with van der Waals surface area (Å²) in [6.07, 6.45) is 0. The van der Waals surface area contributed by atoms with E-state index in [0.717, 1.165) is 0 Å². The van der Waals surface area contributed by atoms with Gasteiger partial charge in [0, 0.05) is 33.4 Å². The Bertz CT molecular complexity index is 1100. The molecule has 0 aliphatic heterocycles. The van der Waals surface area contributed by atoms with Gasteiger partial charge in [-0.1, -0.05) is 60.7 Å². The topological polar surface area (TPSA) is 0 Å². The Kier molecular flexibility index (Phi) is 3.01. The van der Waals surface area contributed by atoms with Crippen LogP contribution in [0.5, 0.6) is 0 Å². The van der Waals surface area contributed by atoms with Gasteiger partial charge in [-0.05, 0) is 43.8 Å². The first-order chi connectivity index (χ1) is 12.9. The Labute approximate surface area is 160 Å². The van der Waals surface area contributed by atoms with Gasteiger partial charge in [0.05, 0.1) is 0 Å². The van der Waals surface area contributed by atoms with Crippen molar-refractivity contribution in [2.75, 3.05) is 0 Å². The lowest BCUT2D eigenvalue weighted by Crippen LogP contribution is -1.88. The number of allylic oxidation sites excluding steroid dienone is 2. The molecule has 2 heterocycles. The maximum atomic E-state index is 2.32. The Morgan fingerprint density at radius 2 is 0.731 bits per heavy atom. The molecule has 2 aliphatic carbocycles. The highest BCUT2D eigenvalue weighted by atomic mass is 32.1. The molecule has 0 bridgehead atoms. The zero-order valence-corrected chi connectivity index (χ0v) is 15.5. The second kappa shape index (κ2) is 5.41. The second-order valence-corrected chi connectivity index (χ2v) is 8.12. The predicted octanol–water partition coefficient (Wildman–Crippen LogP) is 7.05. The van der Waals surface area contributed by atoms with Crippen LogP contribution in [-0.4, -0.2) is 0 Å². The van der Waals surface area contributed by atoms with Crippen LogP contribution in [-0.2, 0) is 0 Å². The monoisotopic (exact) mass is 366 g/mol. The summed E-state index contributed by atoms with van der Waals surface area (Å²) >= 11 is 3.60. The normalized spacial score (nSPS) is 14.6. The molecule has 2 heteroatoms. The van der Waals surface area contributed by atoms with Gasteiger partial charge in [0.2, 0.25) is 0 Å². The molecule has 0 radical (unpaired) electrons. The maximum Gasteiger partial charge on any atom is 0.00152 e. The highest BCUT2D eigenvalue weighted by molar-refractivity contribution is 7.09. The highest BCUT2D eigenvalue weighted by Gasteiger charge is 2.38. The average molecular weight is 367 g/mol. The fraction of sp³-hybridized carbons (Fsp3) is 0. The van der Waals surface area contributed by atoms with Crippen LogP contribution < -0.4 is 0 Å². The van der Waals surface area contributed by atoms with E-state index in [1.54, 1.807) is 22.7 Å². The van der Waals surface area contributed by atoms with E-state index in [9.17, 15) is 0 Å². The third-order valence-electron chi connectivity index (χ3n) is 5.28. The smallest absolute Gasteiger partial charge is 0.00152 e. The van der Waals surface area contributed by atoms with Crippen molar-refractivity contribution in [2.45, 2.75) is 0 Å². The van der Waals surface area contributed by atoms with E-state index < -0.39 is 0 Å². The summed E-state index contributed by atoms with van der Waals surface area (Å²) < 4.78 is 0. The van der Waals surface area contributed by atoms with Crippen LogP contribution in [0.25, 0.3) is 22.3 Å². The summed E-state index contributed by atoms with van der Waals surface area (Å²) in [6, 6.07) is 21.7. The fourth-order valence-electron chi connectivity index (χ4n) is 4.24. The summed E-state index contributed by atoms with van der Waals surface area (Å²) in [5.74, 6) is 0. The molecule has 26 heavy (non-hydrogen) atoms. The Hall–Kier alpha value is -2.68. The van der Waals surface area contributed by atoms with Crippen LogP contribution in [0.4, 0.5) is 0 Å². The van der Waals surface area contributed by atoms with E-state index in [4.69, 9.17) is 0 Å². The second-order valence-electron chi connectivity index (χ2n) is 6.63. The number of rotatable bonds is 2. The Balaban J connectivity index is 1.76. The van der Waals surface area contributed by atoms with Gasteiger partial charge in [0.15, 0.2) is 0 Å². The number of fused-ring (bicyclic) bond motifs is 5. The largest absolute Gasteiger partial charge is 0.151 e. The lowest BCUT2D eigenvalue weighted by Gasteiger charge is -2.07. The minimum Gasteiger partial charge on any atom is -0.151 e. The van der Waals surface area contributed by atoms with Gasteiger partial charge in [0.1, 0.15) is 0 Å². The van der Waals surface area contributed by atoms with Gasteiger partial charge < -0.3 is 0 Å². The molecular weight excluding hydrogens is 352 g/mol. The lowest BCUT2D eigenvalue weighted by molar-refractivity contribution is 1.58. The van der Waals surface area contributed by atoms with Crippen LogP contribution in [0.2, 0.25) is 0 Å². The molecule has 0 saturated heterocycles. The van der Waals surface area contributed by atoms with Gasteiger partial charge in [-0.15, -0.1) is 0 Å². The fourth-order valence-corrected chi connectivity index (χ4v) is 5.90. The standard InChI is InChI=1S/C24H14S2/c1-3-7-15(8-4-1)21-17-11-25-13-19(17)24-22(16-9-5-2-6-10-16)18-12-26-14-20(18)23(21)24/h1-14H. The van der Waals surface area contributed by atoms with E-state index in [1.165, 1.54) is 55.7 Å². The van der Waals surface area contributed by atoms with Crippen molar-refractivity contribution in [1.82, 2.24) is 0 Å². The van der Waals surface area contributed by atoms with Gasteiger partial charge in [0.25, 0.3) is 0 Å². The van der Waals surface area contributed by atoms with Crippen LogP contribution in [0.3, 0.4) is 0 Å². The molecule has 0 spiro atoms. The molecule has 0 N–H and O–H groups in total. The minimum absolute atomic E-state index is 1.31. The van der Waals surface area contributed by atoms with Gasteiger partial charge >= 0.3 is 0 Å². The van der Waals surface area contributed by atoms with Crippen molar-refractivity contribution >= 4 is 45.0 Å². The summed E-state index contributed by atoms with van der Waals surface area (Å²) in [6.45, 7) is 0. The first-order valence-electron chi connectivity index (χ1n) is 8.67. The Morgan fingerprint density at radius 1 is 0.385 bits per heavy atom. The third kappa shape index (κ3) is 1.83. The number of hydrogen-bond acceptors (Lipinski definition) is 2. The van der Waals surface area contributed by atoms with E-state index in [1.807, 2.05) is 0 Å². The first kappa shape index (κ1) is 14.5. The predicted molar refractivity (Wildman–Crippen MR) is 113 cm³/mol. The number of thiophene rings is 2. The molecule has 6 rings (SSSR count). The van der Waals surface area contributed by atoms with E-state index in [0.29, 0.717) is 0 Å². The van der Waals surface area contributed by atoms with E-state index in [2.05, 4.69) is 82.2 Å². The zero-order chi connectivity index (χ0) is 17.1. The highest BCUT2D eigenvalue weighted by Crippen LogP contribution is 2.59. The third-order valence-corrected chi connectivity index (χ3v) is 6.76. The molecule has 4 aromatic rings. The molecule has 0 nitrogen and oxygen atoms in total. The molecule has 0 unspecified atom stereocenters. The number of hydrogen-bond donors (Lipinski definition) is 0. The molecular formula is C24H14S2. The molecule has 2 aromatic carbocycles. The first-order valence-corrected chi connectivity index (χ1v) is 10.6. The van der Waals surface area contributed by atoms with E-state index >= 15 is 0 Å².